The summed E-state index contributed by atoms with van der Waals surface area (Å²) in [5.74, 6) is 0.558. The summed E-state index contributed by atoms with van der Waals surface area (Å²) in [7, 11) is -1.01. The van der Waals surface area contributed by atoms with Crippen molar-refractivity contribution < 1.29 is 4.21 Å². The van der Waals surface area contributed by atoms with Crippen molar-refractivity contribution in [3.8, 4) is 0 Å². The van der Waals surface area contributed by atoms with Gasteiger partial charge in [0.15, 0.2) is 0 Å². The number of nitrogens with one attached hydrogen (secondary N) is 1. The van der Waals surface area contributed by atoms with E-state index in [1.807, 2.05) is 60.8 Å². The van der Waals surface area contributed by atoms with Crippen LogP contribution in [0.4, 0.5) is 0 Å². The first-order chi connectivity index (χ1) is 8.84. The highest BCUT2D eigenvalue weighted by molar-refractivity contribution is 7.84. The Labute approximate surface area is 108 Å². The van der Waals surface area contributed by atoms with Crippen LogP contribution in [0.3, 0.4) is 0 Å². The van der Waals surface area contributed by atoms with Gasteiger partial charge in [-0.15, -0.1) is 0 Å². The molecule has 3 aromatic rings. The van der Waals surface area contributed by atoms with Crippen LogP contribution < -0.4 is 0 Å². The molecule has 1 heterocycles. The van der Waals surface area contributed by atoms with Gasteiger partial charge < -0.3 is 4.98 Å². The largest absolute Gasteiger partial charge is 0.360 e. The van der Waals surface area contributed by atoms with Crippen molar-refractivity contribution in [2.45, 2.75) is 10.6 Å². The van der Waals surface area contributed by atoms with Gasteiger partial charge in [0.2, 0.25) is 0 Å². The fourth-order valence-electron chi connectivity index (χ4n) is 2.04. The molecule has 0 bridgehead atoms. The van der Waals surface area contributed by atoms with Crippen molar-refractivity contribution in [2.75, 3.05) is 0 Å². The van der Waals surface area contributed by atoms with Crippen molar-refractivity contribution in [3.05, 3.63) is 66.4 Å². The molecule has 18 heavy (non-hydrogen) atoms. The minimum Gasteiger partial charge on any atom is -0.360 e. The number of benzene rings is 2. The van der Waals surface area contributed by atoms with Crippen LogP contribution in [0.5, 0.6) is 0 Å². The van der Waals surface area contributed by atoms with Gasteiger partial charge in [-0.3, -0.25) is 4.21 Å². The first-order valence-electron chi connectivity index (χ1n) is 5.83. The van der Waals surface area contributed by atoms with E-state index in [2.05, 4.69) is 4.98 Å². The average Bonchev–Trinajstić information content (AvgIpc) is 2.84. The summed E-state index contributed by atoms with van der Waals surface area (Å²) in [5.41, 5.74) is 2.13. The normalized spacial score (nSPS) is 12.7. The Kier molecular flexibility index (Phi) is 2.99. The van der Waals surface area contributed by atoms with Gasteiger partial charge in [0.05, 0.1) is 21.4 Å². The molecule has 1 aromatic heterocycles. The van der Waals surface area contributed by atoms with Gasteiger partial charge >= 0.3 is 0 Å². The van der Waals surface area contributed by atoms with E-state index >= 15 is 0 Å². The summed E-state index contributed by atoms with van der Waals surface area (Å²) < 4.78 is 12.4. The van der Waals surface area contributed by atoms with E-state index in [1.165, 1.54) is 0 Å². The number of para-hydroxylation sites is 1. The second-order valence-corrected chi connectivity index (χ2v) is 5.59. The molecule has 1 unspecified atom stereocenters. The van der Waals surface area contributed by atoms with E-state index in [0.29, 0.717) is 5.75 Å². The lowest BCUT2D eigenvalue weighted by atomic mass is 10.2. The maximum absolute atomic E-state index is 12.4. The summed E-state index contributed by atoms with van der Waals surface area (Å²) >= 11 is 0. The van der Waals surface area contributed by atoms with Crippen molar-refractivity contribution in [3.63, 3.8) is 0 Å². The lowest BCUT2D eigenvalue weighted by Gasteiger charge is -2.01. The van der Waals surface area contributed by atoms with E-state index in [4.69, 9.17) is 0 Å². The highest BCUT2D eigenvalue weighted by Crippen LogP contribution is 2.22. The molecule has 0 aliphatic heterocycles. The SMILES string of the molecule is O=S(Cc1ccccc1)c1c[nH]c2ccccc12. The van der Waals surface area contributed by atoms with Crippen LogP contribution in [0.1, 0.15) is 5.56 Å². The lowest BCUT2D eigenvalue weighted by molar-refractivity contribution is 0.683. The molecule has 1 N–H and O–H groups in total. The zero-order valence-electron chi connectivity index (χ0n) is 9.80. The van der Waals surface area contributed by atoms with Crippen molar-refractivity contribution in [1.29, 1.82) is 0 Å². The van der Waals surface area contributed by atoms with Gasteiger partial charge in [0.25, 0.3) is 0 Å². The molecule has 2 aromatic carbocycles. The summed E-state index contributed by atoms with van der Waals surface area (Å²) in [6, 6.07) is 17.9. The minimum atomic E-state index is -1.01. The summed E-state index contributed by atoms with van der Waals surface area (Å²) in [6.45, 7) is 0. The van der Waals surface area contributed by atoms with Crippen LogP contribution >= 0.6 is 0 Å². The van der Waals surface area contributed by atoms with E-state index in [9.17, 15) is 4.21 Å². The smallest absolute Gasteiger partial charge is 0.0644 e. The molecule has 0 aliphatic rings. The third kappa shape index (κ3) is 2.09. The van der Waals surface area contributed by atoms with Crippen LogP contribution in [-0.2, 0) is 16.6 Å². The molecule has 0 amide bonds. The Morgan fingerprint density at radius 2 is 1.67 bits per heavy atom. The summed E-state index contributed by atoms with van der Waals surface area (Å²) in [6.07, 6.45) is 1.85. The van der Waals surface area contributed by atoms with Crippen molar-refractivity contribution >= 4 is 21.7 Å². The highest BCUT2D eigenvalue weighted by Gasteiger charge is 2.10. The number of aromatic nitrogens is 1. The predicted octanol–water partition coefficient (Wildman–Crippen LogP) is 3.48. The third-order valence-corrected chi connectivity index (χ3v) is 4.36. The van der Waals surface area contributed by atoms with E-state index in [-0.39, 0.29) is 0 Å². The summed E-state index contributed by atoms with van der Waals surface area (Å²) in [5, 5.41) is 1.05. The van der Waals surface area contributed by atoms with E-state index in [1.54, 1.807) is 0 Å². The first-order valence-corrected chi connectivity index (χ1v) is 7.15. The first kappa shape index (κ1) is 11.2. The van der Waals surface area contributed by atoms with Gasteiger partial charge in [0.1, 0.15) is 0 Å². The van der Waals surface area contributed by atoms with Crippen LogP contribution in [0.25, 0.3) is 10.9 Å². The lowest BCUT2D eigenvalue weighted by Crippen LogP contribution is -1.95. The van der Waals surface area contributed by atoms with Gasteiger partial charge in [0, 0.05) is 17.1 Å². The molecule has 0 spiro atoms. The van der Waals surface area contributed by atoms with Crippen LogP contribution in [0.15, 0.2) is 65.7 Å². The molecule has 0 fully saturated rings. The zero-order valence-corrected chi connectivity index (χ0v) is 10.6. The van der Waals surface area contributed by atoms with Crippen LogP contribution in [0, 0.1) is 0 Å². The fraction of sp³-hybridized carbons (Fsp3) is 0.0667. The van der Waals surface area contributed by atoms with E-state index in [0.717, 1.165) is 21.4 Å². The highest BCUT2D eigenvalue weighted by atomic mass is 32.2. The van der Waals surface area contributed by atoms with Crippen LogP contribution in [0.2, 0.25) is 0 Å². The standard InChI is InChI=1S/C15H13NOS/c17-18(11-12-6-2-1-3-7-12)15-10-16-14-9-5-4-8-13(14)15/h1-10,16H,11H2. The van der Waals surface area contributed by atoms with E-state index < -0.39 is 10.8 Å². The minimum absolute atomic E-state index is 0.558. The van der Waals surface area contributed by atoms with Crippen molar-refractivity contribution in [1.82, 2.24) is 4.98 Å². The fourth-order valence-corrected chi connectivity index (χ4v) is 3.30. The predicted molar refractivity (Wildman–Crippen MR) is 74.9 cm³/mol. The molecule has 0 radical (unpaired) electrons. The molecule has 3 rings (SSSR count). The Hall–Kier alpha value is -1.87. The molecule has 90 valence electrons. The summed E-state index contributed by atoms with van der Waals surface area (Å²) in [4.78, 5) is 4.05. The third-order valence-electron chi connectivity index (χ3n) is 2.94. The van der Waals surface area contributed by atoms with Gasteiger partial charge in [-0.1, -0.05) is 48.5 Å². The Bertz CT molecular complexity index is 688. The molecule has 2 nitrogen and oxygen atoms in total. The quantitative estimate of drug-likeness (QED) is 0.763. The number of fused-ring (bicyclic) bond motifs is 1. The molecule has 0 saturated carbocycles. The number of aromatic amines is 1. The molecule has 3 heteroatoms. The molecular formula is C15H13NOS. The second-order valence-electron chi connectivity index (χ2n) is 4.17. The monoisotopic (exact) mass is 255 g/mol. The topological polar surface area (TPSA) is 32.9 Å². The second kappa shape index (κ2) is 4.78. The molecule has 0 saturated heterocycles. The molecule has 0 aliphatic carbocycles. The Balaban J connectivity index is 1.93. The number of hydrogen-bond donors (Lipinski definition) is 1. The van der Waals surface area contributed by atoms with Gasteiger partial charge in [-0.25, -0.2) is 0 Å². The maximum Gasteiger partial charge on any atom is 0.0644 e. The van der Waals surface area contributed by atoms with Crippen LogP contribution in [-0.4, -0.2) is 9.19 Å². The number of H-pyrrole nitrogens is 1. The average molecular weight is 255 g/mol. The van der Waals surface area contributed by atoms with Gasteiger partial charge in [-0.2, -0.15) is 0 Å². The zero-order chi connectivity index (χ0) is 12.4. The number of rotatable bonds is 3. The van der Waals surface area contributed by atoms with Crippen molar-refractivity contribution in [2.24, 2.45) is 0 Å². The number of hydrogen-bond acceptors (Lipinski definition) is 1. The Morgan fingerprint density at radius 1 is 0.944 bits per heavy atom. The maximum atomic E-state index is 12.4. The molecular weight excluding hydrogens is 242 g/mol. The molecule has 1 atom stereocenters. The van der Waals surface area contributed by atoms with Gasteiger partial charge in [-0.05, 0) is 11.6 Å². The Morgan fingerprint density at radius 3 is 2.50 bits per heavy atom.